The van der Waals surface area contributed by atoms with Gasteiger partial charge in [0.05, 0.1) is 13.2 Å². The first-order valence-corrected chi connectivity index (χ1v) is 15.6. The first-order chi connectivity index (χ1) is 17.1. The molecule has 1 saturated heterocycles. The van der Waals surface area contributed by atoms with Crippen LogP contribution in [0.1, 0.15) is 33.3 Å². The van der Waals surface area contributed by atoms with Crippen molar-refractivity contribution in [2.24, 2.45) is 5.11 Å². The lowest BCUT2D eigenvalue weighted by Crippen LogP contribution is -2.64. The molecular weight excluding hydrogens is 563 g/mol. The van der Waals surface area contributed by atoms with Crippen LogP contribution in [0, 0.1) is 5.41 Å². The van der Waals surface area contributed by atoms with Crippen molar-refractivity contribution in [1.82, 2.24) is 0 Å². The minimum Gasteiger partial charge on any atom is -0.459 e. The maximum absolute atomic E-state index is 12.1. The van der Waals surface area contributed by atoms with Crippen LogP contribution in [0.2, 0.25) is 18.1 Å². The number of carbonyl (C=O) groups is 1. The van der Waals surface area contributed by atoms with Crippen molar-refractivity contribution >= 4 is 55.0 Å². The summed E-state index contributed by atoms with van der Waals surface area (Å²) in [4.78, 5) is 15.0. The molecule has 5 atom stereocenters. The zero-order chi connectivity index (χ0) is 28.0. The number of nitrogens with one attached hydrogen (secondary N) is 1. The molecule has 1 fully saturated rings. The number of hydrogen-bond acceptors (Lipinski definition) is 8. The number of nitrogens with zero attached hydrogens (tertiary/aromatic N) is 3. The lowest BCUT2D eigenvalue weighted by molar-refractivity contribution is -0.249. The van der Waals surface area contributed by atoms with Gasteiger partial charge in [0.25, 0.3) is 3.79 Å². The molecule has 1 aromatic carbocycles. The molecule has 1 aliphatic heterocycles. The Kier molecular flexibility index (Phi) is 11.1. The van der Waals surface area contributed by atoms with Gasteiger partial charge in [-0.15, -0.1) is 0 Å². The van der Waals surface area contributed by atoms with Crippen LogP contribution in [0.15, 0.2) is 35.4 Å². The summed E-state index contributed by atoms with van der Waals surface area (Å²) < 4.78 is 27.6. The van der Waals surface area contributed by atoms with Crippen molar-refractivity contribution in [2.45, 2.75) is 86.9 Å². The first kappa shape index (κ1) is 31.7. The van der Waals surface area contributed by atoms with E-state index in [4.69, 9.17) is 63.6 Å². The fourth-order valence-corrected chi connectivity index (χ4v) is 4.79. The van der Waals surface area contributed by atoms with E-state index in [-0.39, 0.29) is 18.3 Å². The Hall–Kier alpha value is -1.56. The lowest BCUT2D eigenvalue weighted by atomic mass is 9.97. The Bertz CT molecular complexity index is 983. The minimum atomic E-state index is -2.47. The topological polar surface area (TPSA) is 136 Å². The Labute approximate surface area is 233 Å². The second-order valence-electron chi connectivity index (χ2n) is 10.1. The molecule has 2 rings (SSSR count). The van der Waals surface area contributed by atoms with Gasteiger partial charge in [-0.25, -0.2) is 0 Å². The highest BCUT2D eigenvalue weighted by Gasteiger charge is 2.53. The van der Waals surface area contributed by atoms with E-state index in [9.17, 15) is 10.3 Å². The van der Waals surface area contributed by atoms with Crippen molar-refractivity contribution in [2.75, 3.05) is 6.61 Å². The fourth-order valence-electron chi connectivity index (χ4n) is 3.34. The molecule has 37 heavy (non-hydrogen) atoms. The SMILES string of the molecule is CC(=O)O[C@@H]1[C@@H](N=[N+]=[N-])[C@@H](OC(=N)C(Cl)(Cl)Cl)O[C@H](COCc2ccccc2)[C@H]1O[Si](C)(C)C(C)(C)C. The summed E-state index contributed by atoms with van der Waals surface area (Å²) in [6.07, 6.45) is -4.28. The Morgan fingerprint density at radius 3 is 2.30 bits per heavy atom. The predicted octanol–water partition coefficient (Wildman–Crippen LogP) is 6.29. The van der Waals surface area contributed by atoms with Gasteiger partial charge in [0.2, 0.25) is 12.2 Å². The highest BCUT2D eigenvalue weighted by atomic mass is 35.6. The molecule has 1 aliphatic rings. The van der Waals surface area contributed by atoms with Crippen LogP contribution in [0.25, 0.3) is 10.4 Å². The van der Waals surface area contributed by atoms with E-state index in [0.29, 0.717) is 0 Å². The van der Waals surface area contributed by atoms with Crippen LogP contribution in [-0.4, -0.2) is 61.2 Å². The number of hydrogen-bond donors (Lipinski definition) is 1. The minimum absolute atomic E-state index is 0.00982. The van der Waals surface area contributed by atoms with Gasteiger partial charge in [0.1, 0.15) is 24.4 Å². The Morgan fingerprint density at radius 2 is 1.78 bits per heavy atom. The number of halogens is 3. The zero-order valence-corrected chi connectivity index (χ0v) is 24.9. The van der Waals surface area contributed by atoms with Crippen LogP contribution in [0.4, 0.5) is 0 Å². The smallest absolute Gasteiger partial charge is 0.303 e. The number of ether oxygens (including phenoxy) is 4. The molecular formula is C23H33Cl3N4O6Si. The van der Waals surface area contributed by atoms with Crippen LogP contribution in [-0.2, 0) is 34.8 Å². The second-order valence-corrected chi connectivity index (χ2v) is 17.1. The van der Waals surface area contributed by atoms with E-state index in [0.717, 1.165) is 5.56 Å². The van der Waals surface area contributed by atoms with Gasteiger partial charge in [0.15, 0.2) is 8.32 Å². The Balaban J connectivity index is 2.47. The van der Waals surface area contributed by atoms with Gasteiger partial charge in [-0.05, 0) is 29.2 Å². The molecule has 1 heterocycles. The average molecular weight is 596 g/mol. The number of carbonyl (C=O) groups excluding carboxylic acids is 1. The molecule has 1 N–H and O–H groups in total. The quantitative estimate of drug-likeness (QED) is 0.0520. The number of rotatable bonds is 9. The Morgan fingerprint density at radius 1 is 1.16 bits per heavy atom. The van der Waals surface area contributed by atoms with Gasteiger partial charge in [-0.1, -0.05) is 91.0 Å². The van der Waals surface area contributed by atoms with E-state index in [1.54, 1.807) is 0 Å². The summed E-state index contributed by atoms with van der Waals surface area (Å²) in [5, 5.41) is 11.6. The second kappa shape index (κ2) is 13.0. The van der Waals surface area contributed by atoms with Crippen molar-refractivity contribution < 1.29 is 28.2 Å². The van der Waals surface area contributed by atoms with Crippen molar-refractivity contribution in [3.63, 3.8) is 0 Å². The molecule has 0 aromatic heterocycles. The standard InChI is InChI=1S/C23H33Cl3N4O6Si/c1-14(31)33-19-17(29-30-28)20(35-21(27)23(24,25)26)34-16(13-32-12-15-10-8-7-9-11-15)18(19)36-37(5,6)22(2,3)4/h7-11,16-20,27H,12-13H2,1-6H3/t16-,17-,18-,19-,20-/m1/s1. The highest BCUT2D eigenvalue weighted by Crippen LogP contribution is 2.41. The predicted molar refractivity (Wildman–Crippen MR) is 144 cm³/mol. The van der Waals surface area contributed by atoms with Crippen molar-refractivity contribution in [1.29, 1.82) is 5.41 Å². The summed E-state index contributed by atoms with van der Waals surface area (Å²) in [5.74, 6) is -1.39. The van der Waals surface area contributed by atoms with E-state index in [2.05, 4.69) is 30.8 Å². The largest absolute Gasteiger partial charge is 0.459 e. The summed E-state index contributed by atoms with van der Waals surface area (Å²) in [5.41, 5.74) is 10.2. The first-order valence-electron chi connectivity index (χ1n) is 11.6. The van der Waals surface area contributed by atoms with Crippen molar-refractivity contribution in [3.05, 3.63) is 46.3 Å². The van der Waals surface area contributed by atoms with Crippen LogP contribution in [0.5, 0.6) is 0 Å². The van der Waals surface area contributed by atoms with E-state index >= 15 is 0 Å². The third-order valence-corrected chi connectivity index (χ3v) is 11.2. The molecule has 0 bridgehead atoms. The molecule has 0 unspecified atom stereocenters. The molecule has 14 heteroatoms. The van der Waals surface area contributed by atoms with E-state index in [1.807, 2.05) is 43.4 Å². The highest BCUT2D eigenvalue weighted by molar-refractivity contribution is 6.76. The van der Waals surface area contributed by atoms with Gasteiger partial charge < -0.3 is 23.4 Å². The van der Waals surface area contributed by atoms with Crippen LogP contribution in [0.3, 0.4) is 0 Å². The molecule has 1 aromatic rings. The van der Waals surface area contributed by atoms with Gasteiger partial charge in [-0.2, -0.15) is 0 Å². The number of benzene rings is 1. The fraction of sp³-hybridized carbons (Fsp3) is 0.652. The molecule has 10 nitrogen and oxygen atoms in total. The number of alkyl halides is 3. The van der Waals surface area contributed by atoms with Crippen LogP contribution >= 0.6 is 34.8 Å². The molecule has 0 saturated carbocycles. The van der Waals surface area contributed by atoms with Gasteiger partial charge in [0, 0.05) is 11.8 Å². The molecule has 0 spiro atoms. The summed E-state index contributed by atoms with van der Waals surface area (Å²) in [6.45, 7) is 11.8. The summed E-state index contributed by atoms with van der Waals surface area (Å²) in [7, 11) is -2.47. The zero-order valence-electron chi connectivity index (χ0n) is 21.6. The third kappa shape index (κ3) is 9.00. The third-order valence-electron chi connectivity index (χ3n) is 6.22. The maximum Gasteiger partial charge on any atom is 0.303 e. The van der Waals surface area contributed by atoms with E-state index in [1.165, 1.54) is 6.92 Å². The van der Waals surface area contributed by atoms with Gasteiger partial charge >= 0.3 is 5.97 Å². The lowest BCUT2D eigenvalue weighted by Gasteiger charge is -2.48. The number of esters is 1. The monoisotopic (exact) mass is 594 g/mol. The normalized spacial score (nSPS) is 24.6. The molecule has 0 aliphatic carbocycles. The van der Waals surface area contributed by atoms with Crippen molar-refractivity contribution in [3.8, 4) is 0 Å². The van der Waals surface area contributed by atoms with Gasteiger partial charge in [-0.3, -0.25) is 10.2 Å². The maximum atomic E-state index is 12.1. The molecule has 0 radical (unpaired) electrons. The number of azide groups is 1. The summed E-state index contributed by atoms with van der Waals surface area (Å²) >= 11 is 17.4. The molecule has 206 valence electrons. The average Bonchev–Trinajstić information content (AvgIpc) is 2.77. The van der Waals surface area contributed by atoms with E-state index < -0.39 is 54.6 Å². The molecule has 0 amide bonds. The summed E-state index contributed by atoms with van der Waals surface area (Å²) in [6, 6.07) is 8.27. The van der Waals surface area contributed by atoms with Crippen LogP contribution < -0.4 is 0 Å².